The molecule has 3 aromatic carbocycles. The number of carbonyl (C=O) groups is 1. The van der Waals surface area contributed by atoms with Gasteiger partial charge in [-0.05, 0) is 30.5 Å². The quantitative estimate of drug-likeness (QED) is 0.452. The van der Waals surface area contributed by atoms with E-state index < -0.39 is 6.04 Å². The molecular weight excluding hydrogens is 434 g/mol. The van der Waals surface area contributed by atoms with Crippen molar-refractivity contribution in [1.82, 2.24) is 5.32 Å². The van der Waals surface area contributed by atoms with Gasteiger partial charge in [0.05, 0.1) is 19.3 Å². The van der Waals surface area contributed by atoms with Gasteiger partial charge in [0.2, 0.25) is 12.7 Å². The van der Waals surface area contributed by atoms with Crippen molar-refractivity contribution >= 4 is 5.91 Å². The molecule has 0 aliphatic carbocycles. The molecule has 34 heavy (non-hydrogen) atoms. The van der Waals surface area contributed by atoms with Gasteiger partial charge in [0, 0.05) is 11.1 Å². The van der Waals surface area contributed by atoms with Gasteiger partial charge in [0.15, 0.2) is 11.5 Å². The molecule has 0 spiro atoms. The van der Waals surface area contributed by atoms with Crippen LogP contribution in [-0.2, 0) is 29.2 Å². The SMILES string of the molecule is Cc1c(OCc2ccccc2)c(C[C@@H](CO)NC(=O)COCc2ccccc2)cc2c1OCO2. The molecule has 0 fully saturated rings. The van der Waals surface area contributed by atoms with E-state index >= 15 is 0 Å². The Kier molecular flexibility index (Phi) is 8.01. The third-order valence-corrected chi connectivity index (χ3v) is 5.54. The fraction of sp³-hybridized carbons (Fsp3) is 0.296. The first-order chi connectivity index (χ1) is 16.6. The summed E-state index contributed by atoms with van der Waals surface area (Å²) in [6, 6.07) is 20.9. The number of hydrogen-bond acceptors (Lipinski definition) is 6. The van der Waals surface area contributed by atoms with Gasteiger partial charge in [0.25, 0.3) is 0 Å². The lowest BCUT2D eigenvalue weighted by atomic mass is 10.0. The first-order valence-electron chi connectivity index (χ1n) is 11.2. The van der Waals surface area contributed by atoms with E-state index in [1.165, 1.54) is 0 Å². The van der Waals surface area contributed by atoms with Crippen molar-refractivity contribution in [3.63, 3.8) is 0 Å². The maximum absolute atomic E-state index is 12.4. The maximum atomic E-state index is 12.4. The fourth-order valence-electron chi connectivity index (χ4n) is 3.87. The average molecular weight is 464 g/mol. The average Bonchev–Trinajstić information content (AvgIpc) is 3.33. The van der Waals surface area contributed by atoms with Crippen molar-refractivity contribution < 1.29 is 28.8 Å². The summed E-state index contributed by atoms with van der Waals surface area (Å²) in [5.74, 6) is 1.67. The Morgan fingerprint density at radius 3 is 2.38 bits per heavy atom. The Balaban J connectivity index is 1.41. The molecule has 1 atom stereocenters. The largest absolute Gasteiger partial charge is 0.488 e. The number of fused-ring (bicyclic) bond motifs is 1. The molecule has 0 aromatic heterocycles. The number of aliphatic hydroxyl groups is 1. The van der Waals surface area contributed by atoms with Gasteiger partial charge in [-0.2, -0.15) is 0 Å². The normalized spacial score (nSPS) is 12.9. The van der Waals surface area contributed by atoms with Crippen molar-refractivity contribution in [2.45, 2.75) is 32.6 Å². The highest BCUT2D eigenvalue weighted by molar-refractivity contribution is 5.77. The van der Waals surface area contributed by atoms with Crippen LogP contribution in [0.2, 0.25) is 0 Å². The smallest absolute Gasteiger partial charge is 0.246 e. The number of nitrogens with one attached hydrogen (secondary N) is 1. The molecular formula is C27H29NO6. The fourth-order valence-corrected chi connectivity index (χ4v) is 3.87. The summed E-state index contributed by atoms with van der Waals surface area (Å²) in [6.45, 7) is 2.48. The van der Waals surface area contributed by atoms with E-state index in [1.807, 2.05) is 73.7 Å². The number of aliphatic hydroxyl groups excluding tert-OH is 1. The van der Waals surface area contributed by atoms with Gasteiger partial charge in [0.1, 0.15) is 19.0 Å². The van der Waals surface area contributed by atoms with Crippen LogP contribution in [0.4, 0.5) is 0 Å². The summed E-state index contributed by atoms with van der Waals surface area (Å²) >= 11 is 0. The molecule has 1 aliphatic heterocycles. The van der Waals surface area contributed by atoms with Gasteiger partial charge in [-0.15, -0.1) is 0 Å². The van der Waals surface area contributed by atoms with Gasteiger partial charge < -0.3 is 29.4 Å². The Hall–Kier alpha value is -3.55. The topological polar surface area (TPSA) is 86.3 Å². The molecule has 178 valence electrons. The zero-order chi connectivity index (χ0) is 23.8. The van der Waals surface area contributed by atoms with Crippen LogP contribution in [0.25, 0.3) is 0 Å². The lowest BCUT2D eigenvalue weighted by Gasteiger charge is -2.21. The first-order valence-corrected chi connectivity index (χ1v) is 11.2. The molecule has 0 bridgehead atoms. The lowest BCUT2D eigenvalue weighted by molar-refractivity contribution is -0.127. The van der Waals surface area contributed by atoms with E-state index in [-0.39, 0.29) is 25.9 Å². The second-order valence-corrected chi connectivity index (χ2v) is 8.13. The number of carbonyl (C=O) groups excluding carboxylic acids is 1. The maximum Gasteiger partial charge on any atom is 0.246 e. The zero-order valence-electron chi connectivity index (χ0n) is 19.2. The van der Waals surface area contributed by atoms with E-state index in [0.29, 0.717) is 36.9 Å². The molecule has 1 amide bonds. The second kappa shape index (κ2) is 11.5. The summed E-state index contributed by atoms with van der Waals surface area (Å²) < 4.78 is 22.9. The van der Waals surface area contributed by atoms with Crippen molar-refractivity contribution in [2.75, 3.05) is 20.0 Å². The lowest BCUT2D eigenvalue weighted by Crippen LogP contribution is -2.41. The minimum Gasteiger partial charge on any atom is -0.488 e. The predicted molar refractivity (Wildman–Crippen MR) is 127 cm³/mol. The van der Waals surface area contributed by atoms with Crippen molar-refractivity contribution in [2.24, 2.45) is 0 Å². The van der Waals surface area contributed by atoms with Crippen molar-refractivity contribution in [3.8, 4) is 17.2 Å². The van der Waals surface area contributed by atoms with E-state index in [2.05, 4.69) is 5.32 Å². The second-order valence-electron chi connectivity index (χ2n) is 8.13. The van der Waals surface area contributed by atoms with Gasteiger partial charge >= 0.3 is 0 Å². The summed E-state index contributed by atoms with van der Waals surface area (Å²) in [7, 11) is 0. The van der Waals surface area contributed by atoms with Crippen LogP contribution in [0.5, 0.6) is 17.2 Å². The van der Waals surface area contributed by atoms with Crippen LogP contribution in [0, 0.1) is 6.92 Å². The van der Waals surface area contributed by atoms with Crippen LogP contribution in [0.1, 0.15) is 22.3 Å². The molecule has 0 radical (unpaired) electrons. The van der Waals surface area contributed by atoms with Crippen molar-refractivity contribution in [1.29, 1.82) is 0 Å². The number of ether oxygens (including phenoxy) is 4. The Labute approximate surface area is 199 Å². The number of hydrogen-bond donors (Lipinski definition) is 2. The van der Waals surface area contributed by atoms with E-state index in [1.54, 1.807) is 0 Å². The number of benzene rings is 3. The highest BCUT2D eigenvalue weighted by atomic mass is 16.7. The van der Waals surface area contributed by atoms with Crippen LogP contribution in [0.15, 0.2) is 66.7 Å². The Morgan fingerprint density at radius 2 is 1.71 bits per heavy atom. The van der Waals surface area contributed by atoms with Crippen LogP contribution >= 0.6 is 0 Å². The van der Waals surface area contributed by atoms with Crippen LogP contribution in [-0.4, -0.2) is 37.1 Å². The van der Waals surface area contributed by atoms with Crippen LogP contribution in [0.3, 0.4) is 0 Å². The molecule has 0 saturated heterocycles. The van der Waals surface area contributed by atoms with E-state index in [9.17, 15) is 9.90 Å². The summed E-state index contributed by atoms with van der Waals surface area (Å²) in [4.78, 5) is 12.4. The van der Waals surface area contributed by atoms with Crippen LogP contribution < -0.4 is 19.5 Å². The summed E-state index contributed by atoms with van der Waals surface area (Å²) in [5, 5.41) is 12.8. The first kappa shape index (κ1) is 23.6. The summed E-state index contributed by atoms with van der Waals surface area (Å²) in [6.07, 6.45) is 0.364. The minimum atomic E-state index is -0.508. The zero-order valence-corrected chi connectivity index (χ0v) is 19.2. The van der Waals surface area contributed by atoms with Gasteiger partial charge in [-0.3, -0.25) is 4.79 Å². The highest BCUT2D eigenvalue weighted by Crippen LogP contribution is 2.43. The van der Waals surface area contributed by atoms with Gasteiger partial charge in [-0.1, -0.05) is 60.7 Å². The molecule has 1 heterocycles. The molecule has 0 saturated carbocycles. The molecule has 4 rings (SSSR count). The molecule has 7 heteroatoms. The molecule has 1 aliphatic rings. The predicted octanol–water partition coefficient (Wildman–Crippen LogP) is 3.54. The third kappa shape index (κ3) is 6.07. The standard InChI is InChI=1S/C27H29NO6/c1-19-26(32-16-21-10-6-3-7-11-21)22(13-24-27(19)34-18-33-24)12-23(14-29)28-25(30)17-31-15-20-8-4-2-5-9-20/h2-11,13,23,29H,12,14-18H2,1H3,(H,28,30)/t23-/m0/s1. The van der Waals surface area contributed by atoms with Crippen molar-refractivity contribution in [3.05, 3.63) is 89.0 Å². The monoisotopic (exact) mass is 463 g/mol. The molecule has 7 nitrogen and oxygen atoms in total. The number of amides is 1. The minimum absolute atomic E-state index is 0.0943. The Bertz CT molecular complexity index is 1090. The third-order valence-electron chi connectivity index (χ3n) is 5.54. The number of rotatable bonds is 11. The Morgan fingerprint density at radius 1 is 1.03 bits per heavy atom. The molecule has 0 unspecified atom stereocenters. The highest BCUT2D eigenvalue weighted by Gasteiger charge is 2.25. The van der Waals surface area contributed by atoms with E-state index in [4.69, 9.17) is 18.9 Å². The molecule has 2 N–H and O–H groups in total. The summed E-state index contributed by atoms with van der Waals surface area (Å²) in [5.41, 5.74) is 3.68. The van der Waals surface area contributed by atoms with E-state index in [0.717, 1.165) is 22.3 Å². The van der Waals surface area contributed by atoms with Gasteiger partial charge in [-0.25, -0.2) is 0 Å². The molecule has 3 aromatic rings.